The van der Waals surface area contributed by atoms with Crippen molar-refractivity contribution in [3.05, 3.63) is 0 Å². The second-order valence-electron chi connectivity index (χ2n) is 3.79. The Kier molecular flexibility index (Phi) is 9.80. The fourth-order valence-corrected chi connectivity index (χ4v) is 1.55. The average Bonchev–Trinajstić information content (AvgIpc) is 2.26. The Morgan fingerprint density at radius 3 is 1.75 bits per heavy atom. The summed E-state index contributed by atoms with van der Waals surface area (Å²) in [5.41, 5.74) is 0. The van der Waals surface area contributed by atoms with Crippen molar-refractivity contribution in [2.45, 2.75) is 6.04 Å². The Bertz CT molecular complexity index is 154. The molecule has 1 atom stereocenters. The molecule has 6 nitrogen and oxygen atoms in total. The normalized spacial score (nSPS) is 13.7. The summed E-state index contributed by atoms with van der Waals surface area (Å²) in [5, 5.41) is 35.7. The summed E-state index contributed by atoms with van der Waals surface area (Å²) in [6.07, 6.45) is 0. The van der Waals surface area contributed by atoms with Gasteiger partial charge in [-0.2, -0.15) is 0 Å². The minimum atomic E-state index is -0.0924. The lowest BCUT2D eigenvalue weighted by Gasteiger charge is -2.31. The van der Waals surface area contributed by atoms with E-state index in [9.17, 15) is 5.11 Å². The number of hydrogen-bond acceptors (Lipinski definition) is 6. The lowest BCUT2D eigenvalue weighted by Crippen LogP contribution is -2.46. The molecule has 4 N–H and O–H groups in total. The first-order valence-corrected chi connectivity index (χ1v) is 5.55. The zero-order valence-electron chi connectivity index (χ0n) is 9.92. The topological polar surface area (TPSA) is 87.4 Å². The van der Waals surface area contributed by atoms with E-state index in [0.29, 0.717) is 26.2 Å². The molecule has 0 aliphatic heterocycles. The number of aliphatic hydroxyl groups excluding tert-OH is 4. The molecule has 16 heavy (non-hydrogen) atoms. The van der Waals surface area contributed by atoms with Crippen LogP contribution in [0.15, 0.2) is 0 Å². The van der Waals surface area contributed by atoms with Crippen molar-refractivity contribution >= 4 is 0 Å². The molecule has 0 aliphatic rings. The highest BCUT2D eigenvalue weighted by Gasteiger charge is 2.16. The van der Waals surface area contributed by atoms with Crippen LogP contribution in [-0.2, 0) is 0 Å². The minimum Gasteiger partial charge on any atom is -0.395 e. The van der Waals surface area contributed by atoms with Crippen LogP contribution in [0.3, 0.4) is 0 Å². The maximum Gasteiger partial charge on any atom is 0.0599 e. The van der Waals surface area contributed by atoms with Crippen LogP contribution in [0, 0.1) is 0 Å². The van der Waals surface area contributed by atoms with E-state index in [-0.39, 0.29) is 32.5 Å². The van der Waals surface area contributed by atoms with Crippen LogP contribution in [0.4, 0.5) is 0 Å². The van der Waals surface area contributed by atoms with E-state index < -0.39 is 0 Å². The SMILES string of the molecule is CN(CCO)C(CO)CN(CCO)CCO. The van der Waals surface area contributed by atoms with Crippen molar-refractivity contribution in [3.63, 3.8) is 0 Å². The summed E-state index contributed by atoms with van der Waals surface area (Å²) in [5.74, 6) is 0. The van der Waals surface area contributed by atoms with Gasteiger partial charge in [-0.05, 0) is 7.05 Å². The molecule has 0 aromatic rings. The molecule has 0 saturated heterocycles. The molecule has 1 unspecified atom stereocenters. The molecule has 0 spiro atoms. The van der Waals surface area contributed by atoms with Gasteiger partial charge in [0.05, 0.1) is 26.4 Å². The molecule has 0 rings (SSSR count). The molecular weight excluding hydrogens is 212 g/mol. The van der Waals surface area contributed by atoms with Crippen LogP contribution < -0.4 is 0 Å². The average molecular weight is 236 g/mol. The van der Waals surface area contributed by atoms with Gasteiger partial charge in [0, 0.05) is 32.2 Å². The highest BCUT2D eigenvalue weighted by Crippen LogP contribution is 1.99. The lowest BCUT2D eigenvalue weighted by molar-refractivity contribution is 0.0761. The van der Waals surface area contributed by atoms with E-state index in [1.807, 2.05) is 16.8 Å². The van der Waals surface area contributed by atoms with Crippen LogP contribution in [0.5, 0.6) is 0 Å². The zero-order chi connectivity index (χ0) is 12.4. The summed E-state index contributed by atoms with van der Waals surface area (Å²) in [7, 11) is 1.83. The van der Waals surface area contributed by atoms with Crippen molar-refractivity contribution in [3.8, 4) is 0 Å². The van der Waals surface area contributed by atoms with Crippen molar-refractivity contribution in [2.24, 2.45) is 0 Å². The van der Waals surface area contributed by atoms with Crippen LogP contribution in [0.2, 0.25) is 0 Å². The molecule has 98 valence electrons. The summed E-state index contributed by atoms with van der Waals surface area (Å²) in [6, 6.07) is -0.0924. The van der Waals surface area contributed by atoms with Gasteiger partial charge in [0.15, 0.2) is 0 Å². The van der Waals surface area contributed by atoms with Crippen molar-refractivity contribution < 1.29 is 20.4 Å². The molecule has 0 aliphatic carbocycles. The van der Waals surface area contributed by atoms with Crippen molar-refractivity contribution in [1.82, 2.24) is 9.80 Å². The third-order valence-electron chi connectivity index (χ3n) is 2.59. The number of aliphatic hydroxyl groups is 4. The third-order valence-corrected chi connectivity index (χ3v) is 2.59. The maximum atomic E-state index is 9.23. The standard InChI is InChI=1S/C10H24N2O4/c1-11(2-5-13)10(9-16)8-12(3-6-14)4-7-15/h10,13-16H,2-9H2,1H3. The van der Waals surface area contributed by atoms with Gasteiger partial charge >= 0.3 is 0 Å². The first-order valence-electron chi connectivity index (χ1n) is 5.55. The molecule has 0 bridgehead atoms. The smallest absolute Gasteiger partial charge is 0.0599 e. The Morgan fingerprint density at radius 1 is 0.875 bits per heavy atom. The summed E-state index contributed by atoms with van der Waals surface area (Å²) in [4.78, 5) is 3.75. The number of rotatable bonds is 10. The summed E-state index contributed by atoms with van der Waals surface area (Å²) < 4.78 is 0. The summed E-state index contributed by atoms with van der Waals surface area (Å²) >= 11 is 0. The molecule has 0 amide bonds. The Balaban J connectivity index is 4.12. The molecule has 0 aromatic heterocycles. The zero-order valence-corrected chi connectivity index (χ0v) is 9.92. The van der Waals surface area contributed by atoms with Crippen LogP contribution >= 0.6 is 0 Å². The molecule has 0 saturated carbocycles. The molecular formula is C10H24N2O4. The minimum absolute atomic E-state index is 0.0101. The Labute approximate surface area is 96.7 Å². The highest BCUT2D eigenvalue weighted by atomic mass is 16.3. The van der Waals surface area contributed by atoms with E-state index in [0.717, 1.165) is 0 Å². The lowest BCUT2D eigenvalue weighted by atomic mass is 10.2. The second-order valence-corrected chi connectivity index (χ2v) is 3.79. The fourth-order valence-electron chi connectivity index (χ4n) is 1.55. The molecule has 0 fully saturated rings. The predicted molar refractivity (Wildman–Crippen MR) is 61.2 cm³/mol. The quantitative estimate of drug-likeness (QED) is 0.337. The van der Waals surface area contributed by atoms with Crippen LogP contribution in [0.25, 0.3) is 0 Å². The van der Waals surface area contributed by atoms with Gasteiger partial charge in [0.25, 0.3) is 0 Å². The van der Waals surface area contributed by atoms with E-state index in [1.54, 1.807) is 0 Å². The van der Waals surface area contributed by atoms with Gasteiger partial charge in [0.1, 0.15) is 0 Å². The van der Waals surface area contributed by atoms with E-state index >= 15 is 0 Å². The van der Waals surface area contributed by atoms with E-state index in [1.165, 1.54) is 0 Å². The number of likely N-dealkylation sites (N-methyl/N-ethyl adjacent to an activating group) is 1. The summed E-state index contributed by atoms with van der Waals surface area (Å²) in [6.45, 7) is 2.11. The largest absolute Gasteiger partial charge is 0.395 e. The first-order chi connectivity index (χ1) is 7.69. The van der Waals surface area contributed by atoms with E-state index in [2.05, 4.69) is 0 Å². The highest BCUT2D eigenvalue weighted by molar-refractivity contribution is 4.72. The predicted octanol–water partition coefficient (Wildman–Crippen LogP) is -2.44. The molecule has 6 heteroatoms. The Morgan fingerprint density at radius 2 is 1.38 bits per heavy atom. The van der Waals surface area contributed by atoms with Crippen LogP contribution in [-0.4, -0.2) is 95.9 Å². The molecule has 0 radical (unpaired) electrons. The van der Waals surface area contributed by atoms with E-state index in [4.69, 9.17) is 15.3 Å². The number of hydrogen-bond donors (Lipinski definition) is 4. The maximum absolute atomic E-state index is 9.23. The van der Waals surface area contributed by atoms with Gasteiger partial charge in [-0.1, -0.05) is 0 Å². The van der Waals surface area contributed by atoms with Crippen LogP contribution in [0.1, 0.15) is 0 Å². The van der Waals surface area contributed by atoms with Gasteiger partial charge in [-0.3, -0.25) is 9.80 Å². The van der Waals surface area contributed by atoms with Gasteiger partial charge in [-0.15, -0.1) is 0 Å². The van der Waals surface area contributed by atoms with Gasteiger partial charge < -0.3 is 20.4 Å². The third kappa shape index (κ3) is 6.37. The first kappa shape index (κ1) is 15.8. The second kappa shape index (κ2) is 9.95. The van der Waals surface area contributed by atoms with Gasteiger partial charge in [0.2, 0.25) is 0 Å². The van der Waals surface area contributed by atoms with Gasteiger partial charge in [-0.25, -0.2) is 0 Å². The fraction of sp³-hybridized carbons (Fsp3) is 1.00. The Hall–Kier alpha value is -0.240. The number of nitrogens with zero attached hydrogens (tertiary/aromatic N) is 2. The molecule has 0 aromatic carbocycles. The van der Waals surface area contributed by atoms with Crippen molar-refractivity contribution in [1.29, 1.82) is 0 Å². The van der Waals surface area contributed by atoms with Crippen molar-refractivity contribution in [2.75, 3.05) is 59.7 Å². The monoisotopic (exact) mass is 236 g/mol. The molecule has 0 heterocycles.